The van der Waals surface area contributed by atoms with Crippen molar-refractivity contribution in [1.82, 2.24) is 24.2 Å². The Kier molecular flexibility index (Phi) is 8.16. The Bertz CT molecular complexity index is 1690. The number of aromatic nitrogens is 4. The van der Waals surface area contributed by atoms with Crippen LogP contribution >= 0.6 is 24.8 Å². The lowest BCUT2D eigenvalue weighted by Gasteiger charge is -2.33. The molecule has 0 bridgehead atoms. The Balaban J connectivity index is 0.00000168. The van der Waals surface area contributed by atoms with Crippen LogP contribution in [0.3, 0.4) is 0 Å². The van der Waals surface area contributed by atoms with Gasteiger partial charge < -0.3 is 19.0 Å². The fraction of sp³-hybridized carbons (Fsp3) is 0.292. The minimum absolute atomic E-state index is 0. The van der Waals surface area contributed by atoms with Crippen molar-refractivity contribution in [1.29, 1.82) is 0 Å². The molecule has 11 nitrogen and oxygen atoms in total. The van der Waals surface area contributed by atoms with E-state index in [-0.39, 0.29) is 42.9 Å². The summed E-state index contributed by atoms with van der Waals surface area (Å²) in [6, 6.07) is 15.3. The van der Waals surface area contributed by atoms with E-state index >= 15 is 0 Å². The maximum absolute atomic E-state index is 12.9. The maximum Gasteiger partial charge on any atom is 0.325 e. The minimum atomic E-state index is -3.40. The zero-order valence-corrected chi connectivity index (χ0v) is 22.6. The summed E-state index contributed by atoms with van der Waals surface area (Å²) in [4.78, 5) is 27.7. The van der Waals surface area contributed by atoms with Crippen molar-refractivity contribution >= 4 is 74.0 Å². The summed E-state index contributed by atoms with van der Waals surface area (Å²) < 4.78 is 38.8. The molecule has 38 heavy (non-hydrogen) atoms. The highest BCUT2D eigenvalue weighted by atomic mass is 35.5. The van der Waals surface area contributed by atoms with Crippen LogP contribution in [0.15, 0.2) is 57.7 Å². The van der Waals surface area contributed by atoms with E-state index < -0.39 is 10.0 Å². The first-order valence-corrected chi connectivity index (χ1v) is 13.3. The quantitative estimate of drug-likeness (QED) is 0.280. The number of halogens is 2. The third kappa shape index (κ3) is 5.58. The fourth-order valence-corrected chi connectivity index (χ4v) is 5.87. The van der Waals surface area contributed by atoms with E-state index in [2.05, 4.69) is 19.9 Å². The number of nitrogens with zero attached hydrogens (tertiary/aromatic N) is 4. The first-order chi connectivity index (χ1) is 17.4. The summed E-state index contributed by atoms with van der Waals surface area (Å²) in [7, 11) is -3.40. The van der Waals surface area contributed by atoms with Gasteiger partial charge >= 0.3 is 5.69 Å². The largest absolute Gasteiger partial charge is 0.494 e. The number of fused-ring (bicyclic) bond motifs is 3. The number of oxazole rings is 1. The molecule has 1 aliphatic heterocycles. The highest BCUT2D eigenvalue weighted by molar-refractivity contribution is 7.89. The smallest absolute Gasteiger partial charge is 0.325 e. The van der Waals surface area contributed by atoms with Crippen LogP contribution in [0.5, 0.6) is 5.75 Å². The van der Waals surface area contributed by atoms with Crippen LogP contribution in [0.4, 0.5) is 6.01 Å². The van der Waals surface area contributed by atoms with Crippen LogP contribution < -0.4 is 15.3 Å². The number of piperazine rings is 1. The van der Waals surface area contributed by atoms with E-state index in [1.165, 1.54) is 4.31 Å². The summed E-state index contributed by atoms with van der Waals surface area (Å²) in [5, 5.41) is 0.819. The molecule has 3 aromatic heterocycles. The standard InChI is InChI=1S/C24H24N6O5S.2ClH/c31-23-26-20-15-16-14-17(6-7-18(16)25-22(20)28-23)34-12-3-13-36(32,33)30-10-8-29(9-11-30)24-27-19-4-1-2-5-21(19)35-24;;/h1-2,4-7,14-15H,3,8-13H2,(H2,25,26,28,31);2*1H. The number of aromatic amines is 2. The molecule has 2 aromatic carbocycles. The van der Waals surface area contributed by atoms with Gasteiger partial charge in [0, 0.05) is 31.6 Å². The molecule has 2 N–H and O–H groups in total. The molecule has 0 atom stereocenters. The van der Waals surface area contributed by atoms with Crippen LogP contribution in [0.2, 0.25) is 0 Å². The number of pyridine rings is 1. The molecule has 1 saturated heterocycles. The average Bonchev–Trinajstić information content (AvgIpc) is 3.47. The highest BCUT2D eigenvalue weighted by Gasteiger charge is 2.28. The molecule has 202 valence electrons. The zero-order valence-electron chi connectivity index (χ0n) is 20.1. The van der Waals surface area contributed by atoms with Gasteiger partial charge in [0.2, 0.25) is 10.0 Å². The number of anilines is 1. The second-order valence-electron chi connectivity index (χ2n) is 8.69. The van der Waals surface area contributed by atoms with Gasteiger partial charge in [-0.3, -0.25) is 4.98 Å². The molecule has 0 radical (unpaired) electrons. The number of imidazole rings is 1. The Morgan fingerprint density at radius 3 is 2.53 bits per heavy atom. The van der Waals surface area contributed by atoms with Gasteiger partial charge in [0.05, 0.1) is 23.4 Å². The van der Waals surface area contributed by atoms with Crippen molar-refractivity contribution < 1.29 is 17.6 Å². The van der Waals surface area contributed by atoms with Gasteiger partial charge in [-0.05, 0) is 42.8 Å². The number of benzene rings is 2. The molecule has 14 heteroatoms. The number of hydrogen-bond donors (Lipinski definition) is 2. The van der Waals surface area contributed by atoms with Gasteiger partial charge in [0.15, 0.2) is 11.2 Å². The monoisotopic (exact) mass is 580 g/mol. The predicted molar refractivity (Wildman–Crippen MR) is 150 cm³/mol. The van der Waals surface area contributed by atoms with Gasteiger partial charge in [0.25, 0.3) is 6.01 Å². The molecule has 0 amide bonds. The first kappa shape index (κ1) is 27.7. The molecule has 0 saturated carbocycles. The highest BCUT2D eigenvalue weighted by Crippen LogP contribution is 2.24. The van der Waals surface area contributed by atoms with Gasteiger partial charge in [0.1, 0.15) is 11.3 Å². The lowest BCUT2D eigenvalue weighted by molar-refractivity contribution is 0.315. The van der Waals surface area contributed by atoms with Gasteiger partial charge in [-0.1, -0.05) is 12.1 Å². The number of hydrogen-bond acceptors (Lipinski definition) is 8. The van der Waals surface area contributed by atoms with E-state index in [1.54, 1.807) is 6.07 Å². The summed E-state index contributed by atoms with van der Waals surface area (Å²) in [6.07, 6.45) is 0.369. The number of nitrogens with one attached hydrogen (secondary N) is 2. The van der Waals surface area contributed by atoms with E-state index in [0.29, 0.717) is 55.5 Å². The van der Waals surface area contributed by atoms with Gasteiger partial charge in [-0.15, -0.1) is 24.8 Å². The number of H-pyrrole nitrogens is 2. The SMILES string of the molecule is Cl.Cl.O=c1[nH]c2cc3cc(OCCCS(=O)(=O)N4CCN(c5nc6ccccc6o5)CC4)ccc3nc2[nH]1. The van der Waals surface area contributed by atoms with Gasteiger partial charge in [-0.25, -0.2) is 18.2 Å². The molecule has 4 heterocycles. The van der Waals surface area contributed by atoms with Crippen LogP contribution in [0.25, 0.3) is 33.2 Å². The molecule has 0 aliphatic carbocycles. The maximum atomic E-state index is 12.9. The van der Waals surface area contributed by atoms with Crippen molar-refractivity contribution in [3.8, 4) is 5.75 Å². The van der Waals surface area contributed by atoms with Crippen LogP contribution in [-0.4, -0.2) is 71.2 Å². The zero-order chi connectivity index (χ0) is 24.7. The van der Waals surface area contributed by atoms with E-state index in [4.69, 9.17) is 9.15 Å². The van der Waals surface area contributed by atoms with E-state index in [9.17, 15) is 13.2 Å². The predicted octanol–water partition coefficient (Wildman–Crippen LogP) is 3.31. The molecule has 1 aliphatic rings. The Morgan fingerprint density at radius 1 is 0.947 bits per heavy atom. The third-order valence-electron chi connectivity index (χ3n) is 6.27. The normalized spacial score (nSPS) is 14.5. The molecule has 0 unspecified atom stereocenters. The topological polar surface area (TPSA) is 137 Å². The van der Waals surface area contributed by atoms with Crippen molar-refractivity contribution in [3.63, 3.8) is 0 Å². The number of para-hydroxylation sites is 2. The average molecular weight is 581 g/mol. The molecular formula is C24H26Cl2N6O5S. The lowest BCUT2D eigenvalue weighted by atomic mass is 10.2. The fourth-order valence-electron chi connectivity index (χ4n) is 4.41. The summed E-state index contributed by atoms with van der Waals surface area (Å²) in [5.74, 6) is 0.627. The van der Waals surface area contributed by atoms with Crippen molar-refractivity contribution in [3.05, 3.63) is 59.0 Å². The van der Waals surface area contributed by atoms with Crippen LogP contribution in [0.1, 0.15) is 6.42 Å². The molecule has 5 aromatic rings. The Hall–Kier alpha value is -3.32. The number of sulfonamides is 1. The van der Waals surface area contributed by atoms with Gasteiger partial charge in [-0.2, -0.15) is 9.29 Å². The van der Waals surface area contributed by atoms with Crippen molar-refractivity contribution in [2.45, 2.75) is 6.42 Å². The molecule has 1 fully saturated rings. The first-order valence-electron chi connectivity index (χ1n) is 11.7. The number of ether oxygens (including phenoxy) is 1. The summed E-state index contributed by atoms with van der Waals surface area (Å²) in [5.41, 5.74) is 3.05. The minimum Gasteiger partial charge on any atom is -0.494 e. The van der Waals surface area contributed by atoms with E-state index in [0.717, 1.165) is 22.0 Å². The Labute approximate surface area is 230 Å². The Morgan fingerprint density at radius 2 is 1.74 bits per heavy atom. The van der Waals surface area contributed by atoms with Crippen molar-refractivity contribution in [2.24, 2.45) is 0 Å². The second-order valence-corrected chi connectivity index (χ2v) is 10.8. The van der Waals surface area contributed by atoms with Crippen LogP contribution in [0, 0.1) is 0 Å². The van der Waals surface area contributed by atoms with Crippen LogP contribution in [-0.2, 0) is 10.0 Å². The number of rotatable bonds is 7. The lowest BCUT2D eigenvalue weighted by Crippen LogP contribution is -2.49. The second kappa shape index (κ2) is 11.2. The molecule has 0 spiro atoms. The summed E-state index contributed by atoms with van der Waals surface area (Å²) in [6.45, 7) is 2.08. The van der Waals surface area contributed by atoms with Crippen molar-refractivity contribution in [2.75, 3.05) is 43.4 Å². The molecule has 6 rings (SSSR count). The molecular weight excluding hydrogens is 555 g/mol. The summed E-state index contributed by atoms with van der Waals surface area (Å²) >= 11 is 0. The third-order valence-corrected chi connectivity index (χ3v) is 8.22. The van der Waals surface area contributed by atoms with E-state index in [1.807, 2.05) is 47.4 Å².